The van der Waals surface area contributed by atoms with Gasteiger partial charge in [-0.15, -0.1) is 0 Å². The number of hydrogen-bond acceptors (Lipinski definition) is 3. The molecule has 1 fully saturated rings. The Balaban J connectivity index is 1.43. The van der Waals surface area contributed by atoms with Crippen molar-refractivity contribution in [2.75, 3.05) is 13.1 Å². The molecule has 122 valence electrons. The molecule has 0 unspecified atom stereocenters. The molecule has 1 aliphatic heterocycles. The summed E-state index contributed by atoms with van der Waals surface area (Å²) in [5.74, 6) is 0.936. The van der Waals surface area contributed by atoms with Crippen LogP contribution in [0.15, 0.2) is 37.1 Å². The van der Waals surface area contributed by atoms with Crippen molar-refractivity contribution < 1.29 is 4.79 Å². The molecule has 0 saturated carbocycles. The first-order valence-electron chi connectivity index (χ1n) is 8.36. The molecule has 2 aromatic rings. The Morgan fingerprint density at radius 1 is 1.30 bits per heavy atom. The van der Waals surface area contributed by atoms with Gasteiger partial charge in [-0.3, -0.25) is 9.78 Å². The molecule has 3 rings (SSSR count). The largest absolute Gasteiger partial charge is 0.343 e. The number of aryl methyl sites for hydroxylation is 2. The summed E-state index contributed by atoms with van der Waals surface area (Å²) in [6, 6.07) is 4.28. The fraction of sp³-hybridized carbons (Fsp3) is 0.500. The second-order valence-electron chi connectivity index (χ2n) is 6.38. The van der Waals surface area contributed by atoms with Gasteiger partial charge >= 0.3 is 0 Å². The molecular formula is C18H24N4O. The van der Waals surface area contributed by atoms with Crippen molar-refractivity contribution >= 4 is 5.91 Å². The number of piperidine rings is 1. The number of rotatable bonds is 5. The number of aromatic nitrogens is 3. The van der Waals surface area contributed by atoms with Crippen LogP contribution in [0.1, 0.15) is 30.5 Å². The predicted octanol–water partition coefficient (Wildman–Crippen LogP) is 2.46. The summed E-state index contributed by atoms with van der Waals surface area (Å²) in [5.41, 5.74) is 2.44. The van der Waals surface area contributed by atoms with E-state index in [1.54, 1.807) is 12.5 Å². The van der Waals surface area contributed by atoms with E-state index < -0.39 is 0 Å². The topological polar surface area (TPSA) is 51.0 Å². The Kier molecular flexibility index (Phi) is 5.05. The SMILES string of the molecule is Cc1cc(CC2CCN(C(=O)CCn3ccnc3)CC2)ccn1. The van der Waals surface area contributed by atoms with Crippen molar-refractivity contribution in [3.63, 3.8) is 0 Å². The number of pyridine rings is 1. The van der Waals surface area contributed by atoms with Crippen LogP contribution < -0.4 is 0 Å². The first-order valence-corrected chi connectivity index (χ1v) is 8.36. The van der Waals surface area contributed by atoms with Gasteiger partial charge in [0.1, 0.15) is 0 Å². The van der Waals surface area contributed by atoms with Gasteiger partial charge in [0.05, 0.1) is 6.33 Å². The third-order valence-electron chi connectivity index (χ3n) is 4.60. The van der Waals surface area contributed by atoms with Gasteiger partial charge in [0.15, 0.2) is 0 Å². The maximum Gasteiger partial charge on any atom is 0.224 e. The lowest BCUT2D eigenvalue weighted by Gasteiger charge is -2.32. The molecular weight excluding hydrogens is 288 g/mol. The molecule has 0 aromatic carbocycles. The van der Waals surface area contributed by atoms with E-state index in [4.69, 9.17) is 0 Å². The van der Waals surface area contributed by atoms with Crippen LogP contribution in [0.3, 0.4) is 0 Å². The number of carbonyl (C=O) groups excluding carboxylic acids is 1. The van der Waals surface area contributed by atoms with E-state index in [2.05, 4.69) is 22.1 Å². The molecule has 1 amide bonds. The number of hydrogen-bond donors (Lipinski definition) is 0. The maximum atomic E-state index is 12.3. The lowest BCUT2D eigenvalue weighted by atomic mass is 9.90. The van der Waals surface area contributed by atoms with Gasteiger partial charge in [0, 0.05) is 50.3 Å². The smallest absolute Gasteiger partial charge is 0.224 e. The van der Waals surface area contributed by atoms with Crippen LogP contribution in [-0.2, 0) is 17.8 Å². The number of amides is 1. The van der Waals surface area contributed by atoms with E-state index in [-0.39, 0.29) is 5.91 Å². The first kappa shape index (κ1) is 15.7. The van der Waals surface area contributed by atoms with Crippen LogP contribution >= 0.6 is 0 Å². The summed E-state index contributed by atoms with van der Waals surface area (Å²) < 4.78 is 1.95. The predicted molar refractivity (Wildman–Crippen MR) is 88.8 cm³/mol. The van der Waals surface area contributed by atoms with Crippen LogP contribution in [0.25, 0.3) is 0 Å². The zero-order valence-corrected chi connectivity index (χ0v) is 13.7. The molecule has 0 atom stereocenters. The highest BCUT2D eigenvalue weighted by molar-refractivity contribution is 5.76. The minimum atomic E-state index is 0.261. The number of likely N-dealkylation sites (tertiary alicyclic amines) is 1. The molecule has 5 nitrogen and oxygen atoms in total. The average molecular weight is 312 g/mol. The van der Waals surface area contributed by atoms with Crippen molar-refractivity contribution in [3.05, 3.63) is 48.3 Å². The van der Waals surface area contributed by atoms with Crippen molar-refractivity contribution in [3.8, 4) is 0 Å². The van der Waals surface area contributed by atoms with Gasteiger partial charge in [-0.25, -0.2) is 4.98 Å². The van der Waals surface area contributed by atoms with Gasteiger partial charge in [-0.2, -0.15) is 0 Å². The van der Waals surface area contributed by atoms with Crippen LogP contribution in [0, 0.1) is 12.8 Å². The normalized spacial score (nSPS) is 15.8. The average Bonchev–Trinajstić information content (AvgIpc) is 3.07. The second kappa shape index (κ2) is 7.40. The van der Waals surface area contributed by atoms with Crippen molar-refractivity contribution in [2.45, 2.75) is 39.2 Å². The standard InChI is InChI=1S/C18H24N4O/c1-15-12-17(2-6-20-15)13-16-3-9-22(10-4-16)18(23)5-8-21-11-7-19-14-21/h2,6-7,11-12,14,16H,3-5,8-10,13H2,1H3. The van der Waals surface area contributed by atoms with Gasteiger partial charge in [-0.05, 0) is 49.8 Å². The Labute approximate surface area is 137 Å². The van der Waals surface area contributed by atoms with Crippen molar-refractivity contribution in [2.24, 2.45) is 5.92 Å². The van der Waals surface area contributed by atoms with Gasteiger partial charge in [0.25, 0.3) is 0 Å². The molecule has 3 heterocycles. The van der Waals surface area contributed by atoms with E-state index in [1.165, 1.54) is 5.56 Å². The summed E-state index contributed by atoms with van der Waals surface area (Å²) in [5, 5.41) is 0. The lowest BCUT2D eigenvalue weighted by molar-refractivity contribution is -0.132. The Morgan fingerprint density at radius 3 is 2.83 bits per heavy atom. The minimum absolute atomic E-state index is 0.261. The highest BCUT2D eigenvalue weighted by Gasteiger charge is 2.22. The van der Waals surface area contributed by atoms with Crippen LogP contribution in [-0.4, -0.2) is 38.4 Å². The van der Waals surface area contributed by atoms with Crippen LogP contribution in [0.2, 0.25) is 0 Å². The highest BCUT2D eigenvalue weighted by atomic mass is 16.2. The van der Waals surface area contributed by atoms with E-state index in [1.807, 2.05) is 28.8 Å². The fourth-order valence-electron chi connectivity index (χ4n) is 3.25. The summed E-state index contributed by atoms with van der Waals surface area (Å²) >= 11 is 0. The number of nitrogens with zero attached hydrogens (tertiary/aromatic N) is 4. The lowest BCUT2D eigenvalue weighted by Crippen LogP contribution is -2.39. The molecule has 0 aliphatic carbocycles. The third kappa shape index (κ3) is 4.41. The summed E-state index contributed by atoms with van der Waals surface area (Å²) in [7, 11) is 0. The molecule has 23 heavy (non-hydrogen) atoms. The zero-order chi connectivity index (χ0) is 16.1. The number of carbonyl (C=O) groups is 1. The molecule has 5 heteroatoms. The Hall–Kier alpha value is -2.17. The number of imidazole rings is 1. The molecule has 0 N–H and O–H groups in total. The van der Waals surface area contributed by atoms with Crippen LogP contribution in [0.5, 0.6) is 0 Å². The minimum Gasteiger partial charge on any atom is -0.343 e. The summed E-state index contributed by atoms with van der Waals surface area (Å²) in [6.45, 7) is 4.52. The fourth-order valence-corrected chi connectivity index (χ4v) is 3.25. The van der Waals surface area contributed by atoms with E-state index >= 15 is 0 Å². The summed E-state index contributed by atoms with van der Waals surface area (Å²) in [4.78, 5) is 22.6. The van der Waals surface area contributed by atoms with E-state index in [0.717, 1.165) is 44.6 Å². The monoisotopic (exact) mass is 312 g/mol. The molecule has 2 aromatic heterocycles. The molecule has 1 aliphatic rings. The van der Waals surface area contributed by atoms with E-state index in [9.17, 15) is 4.79 Å². The van der Waals surface area contributed by atoms with E-state index in [0.29, 0.717) is 12.3 Å². The molecule has 0 spiro atoms. The van der Waals surface area contributed by atoms with Gasteiger partial charge in [-0.1, -0.05) is 0 Å². The third-order valence-corrected chi connectivity index (χ3v) is 4.60. The zero-order valence-electron chi connectivity index (χ0n) is 13.7. The van der Waals surface area contributed by atoms with Gasteiger partial charge in [0.2, 0.25) is 5.91 Å². The molecule has 0 radical (unpaired) electrons. The van der Waals surface area contributed by atoms with Gasteiger partial charge < -0.3 is 9.47 Å². The highest BCUT2D eigenvalue weighted by Crippen LogP contribution is 2.22. The summed E-state index contributed by atoms with van der Waals surface area (Å²) in [6.07, 6.45) is 11.1. The Bertz CT molecular complexity index is 630. The van der Waals surface area contributed by atoms with Crippen LogP contribution in [0.4, 0.5) is 0 Å². The second-order valence-corrected chi connectivity index (χ2v) is 6.38. The van der Waals surface area contributed by atoms with Crippen molar-refractivity contribution in [1.29, 1.82) is 0 Å². The van der Waals surface area contributed by atoms with Crippen molar-refractivity contribution in [1.82, 2.24) is 19.4 Å². The Morgan fingerprint density at radius 2 is 2.13 bits per heavy atom. The first-order chi connectivity index (χ1) is 11.2. The quantitative estimate of drug-likeness (QED) is 0.852. The maximum absolute atomic E-state index is 12.3. The molecule has 1 saturated heterocycles. The molecule has 0 bridgehead atoms.